The Morgan fingerprint density at radius 1 is 1.18 bits per heavy atom. The summed E-state index contributed by atoms with van der Waals surface area (Å²) in [6.07, 6.45) is 3.97. The second-order valence-corrected chi connectivity index (χ2v) is 9.12. The first-order valence-corrected chi connectivity index (χ1v) is 11.5. The summed E-state index contributed by atoms with van der Waals surface area (Å²) in [6.45, 7) is 2.54. The van der Waals surface area contributed by atoms with Gasteiger partial charge >= 0.3 is 0 Å². The maximum atomic E-state index is 15.6. The van der Waals surface area contributed by atoms with Crippen LogP contribution >= 0.6 is 0 Å². The lowest BCUT2D eigenvalue weighted by Crippen LogP contribution is -2.43. The Morgan fingerprint density at radius 2 is 1.91 bits per heavy atom. The van der Waals surface area contributed by atoms with E-state index in [1.807, 2.05) is 25.1 Å². The van der Waals surface area contributed by atoms with Gasteiger partial charge in [-0.2, -0.15) is 10.4 Å². The minimum absolute atomic E-state index is 0.0921. The number of aromatic nitrogens is 3. The Hall–Kier alpha value is -3.53. The smallest absolute Gasteiger partial charge is 0.253 e. The van der Waals surface area contributed by atoms with E-state index in [0.29, 0.717) is 41.5 Å². The predicted octanol–water partition coefficient (Wildman–Crippen LogP) is 5.02. The van der Waals surface area contributed by atoms with Gasteiger partial charge in [-0.3, -0.25) is 9.89 Å². The Balaban J connectivity index is 1.35. The molecule has 0 radical (unpaired) electrons. The van der Waals surface area contributed by atoms with Crippen LogP contribution in [0.5, 0.6) is 0 Å². The van der Waals surface area contributed by atoms with Gasteiger partial charge in [-0.15, -0.1) is 0 Å². The molecule has 1 amide bonds. The van der Waals surface area contributed by atoms with E-state index in [1.165, 1.54) is 12.0 Å². The molecule has 2 aromatic carbocycles. The number of alkyl halides is 1. The molecule has 0 bridgehead atoms. The van der Waals surface area contributed by atoms with Crippen molar-refractivity contribution >= 4 is 5.91 Å². The average Bonchev–Trinajstić information content (AvgIpc) is 3.24. The minimum atomic E-state index is -1.49. The highest BCUT2D eigenvalue weighted by Crippen LogP contribution is 2.41. The zero-order valence-electron chi connectivity index (χ0n) is 18.6. The summed E-state index contributed by atoms with van der Waals surface area (Å²) < 4.78 is 15.6. The number of piperidine rings is 1. The molecule has 1 aliphatic heterocycles. The molecule has 168 valence electrons. The van der Waals surface area contributed by atoms with Gasteiger partial charge in [-0.25, -0.2) is 9.37 Å². The number of hydrogen-bond donors (Lipinski definition) is 1. The van der Waals surface area contributed by atoms with Gasteiger partial charge in [0.15, 0.2) is 5.82 Å². The summed E-state index contributed by atoms with van der Waals surface area (Å²) >= 11 is 0. The van der Waals surface area contributed by atoms with Gasteiger partial charge in [-0.1, -0.05) is 24.6 Å². The van der Waals surface area contributed by atoms with Gasteiger partial charge in [0.1, 0.15) is 11.5 Å². The molecular formula is C26H26FN5O. The second kappa shape index (κ2) is 8.43. The number of carbonyl (C=O) groups is 1. The number of benzene rings is 2. The van der Waals surface area contributed by atoms with E-state index >= 15 is 4.39 Å². The topological polar surface area (TPSA) is 85.7 Å². The number of likely N-dealkylation sites (tertiary alicyclic amines) is 1. The molecule has 2 fully saturated rings. The van der Waals surface area contributed by atoms with Crippen LogP contribution in [-0.4, -0.2) is 39.1 Å². The Bertz CT molecular complexity index is 1210. The number of H-pyrrole nitrogens is 1. The molecule has 2 heterocycles. The molecule has 7 heteroatoms. The maximum absolute atomic E-state index is 15.6. The van der Waals surface area contributed by atoms with Crippen LogP contribution in [-0.2, 0) is 5.67 Å². The molecule has 1 N–H and O–H groups in total. The van der Waals surface area contributed by atoms with Crippen LogP contribution in [0.1, 0.15) is 70.9 Å². The fourth-order valence-electron chi connectivity index (χ4n) is 4.80. The molecule has 1 aliphatic carbocycles. The summed E-state index contributed by atoms with van der Waals surface area (Å²) in [4.78, 5) is 19.5. The fraction of sp³-hybridized carbons (Fsp3) is 0.385. The summed E-state index contributed by atoms with van der Waals surface area (Å²) in [6, 6.07) is 14.5. The largest absolute Gasteiger partial charge is 0.338 e. The number of nitrogens with one attached hydrogen (secondary N) is 1. The number of carbonyl (C=O) groups excluding carboxylic acids is 1. The SMILES string of the molecule is Cc1nc(-c2cc(C(=O)N3CCC(F)(c4ccc(C#N)cc4)CC3)ccc2C2CCC2)n[nH]1. The van der Waals surface area contributed by atoms with Gasteiger partial charge < -0.3 is 4.90 Å². The summed E-state index contributed by atoms with van der Waals surface area (Å²) in [5.74, 6) is 1.74. The van der Waals surface area contributed by atoms with Crippen molar-refractivity contribution in [2.45, 2.75) is 50.6 Å². The normalized spacial score (nSPS) is 17.9. The number of nitriles is 1. The first kappa shape index (κ1) is 21.3. The van der Waals surface area contributed by atoms with Gasteiger partial charge in [0, 0.05) is 37.1 Å². The molecule has 2 aliphatic rings. The number of rotatable bonds is 4. The third-order valence-electron chi connectivity index (χ3n) is 7.06. The highest BCUT2D eigenvalue weighted by Gasteiger charge is 2.38. The van der Waals surface area contributed by atoms with E-state index in [2.05, 4.69) is 21.3 Å². The standard InChI is InChI=1S/C26H26FN5O/c1-17-29-24(31-30-17)23-15-20(7-10-22(23)19-3-2-4-19)25(33)32-13-11-26(27,12-14-32)21-8-5-18(16-28)6-9-21/h5-10,15,19H,2-4,11-14H2,1H3,(H,29,30,31). The molecule has 6 nitrogen and oxygen atoms in total. The van der Waals surface area contributed by atoms with Crippen molar-refractivity contribution in [2.24, 2.45) is 0 Å². The number of halogens is 1. The number of amides is 1. The highest BCUT2D eigenvalue weighted by molar-refractivity contribution is 5.95. The van der Waals surface area contributed by atoms with Crippen LogP contribution in [0.2, 0.25) is 0 Å². The monoisotopic (exact) mass is 443 g/mol. The van der Waals surface area contributed by atoms with Crippen LogP contribution in [0.25, 0.3) is 11.4 Å². The number of aromatic amines is 1. The van der Waals surface area contributed by atoms with Crippen LogP contribution < -0.4 is 0 Å². The molecule has 1 saturated carbocycles. The Kier molecular flexibility index (Phi) is 5.45. The lowest BCUT2D eigenvalue weighted by Gasteiger charge is -2.37. The van der Waals surface area contributed by atoms with Crippen molar-refractivity contribution in [2.75, 3.05) is 13.1 Å². The molecule has 1 aromatic heterocycles. The molecule has 5 rings (SSSR count). The number of nitrogens with zero attached hydrogens (tertiary/aromatic N) is 4. The van der Waals surface area contributed by atoms with Crippen molar-refractivity contribution in [1.82, 2.24) is 20.1 Å². The zero-order chi connectivity index (χ0) is 23.0. The van der Waals surface area contributed by atoms with Gasteiger partial charge in [0.05, 0.1) is 11.6 Å². The van der Waals surface area contributed by atoms with Crippen LogP contribution in [0.15, 0.2) is 42.5 Å². The molecule has 1 saturated heterocycles. The summed E-state index contributed by atoms with van der Waals surface area (Å²) in [5, 5.41) is 16.2. The van der Waals surface area contributed by atoms with Gasteiger partial charge in [0.2, 0.25) is 0 Å². The first-order valence-electron chi connectivity index (χ1n) is 11.5. The second-order valence-electron chi connectivity index (χ2n) is 9.12. The average molecular weight is 444 g/mol. The molecule has 0 spiro atoms. The highest BCUT2D eigenvalue weighted by atomic mass is 19.1. The number of aryl methyl sites for hydroxylation is 1. The third kappa shape index (κ3) is 4.02. The van der Waals surface area contributed by atoms with Crippen LogP contribution in [0.3, 0.4) is 0 Å². The van der Waals surface area contributed by atoms with E-state index in [-0.39, 0.29) is 18.7 Å². The predicted molar refractivity (Wildman–Crippen MR) is 122 cm³/mol. The summed E-state index contributed by atoms with van der Waals surface area (Å²) in [7, 11) is 0. The minimum Gasteiger partial charge on any atom is -0.338 e. The van der Waals surface area contributed by atoms with Gasteiger partial charge in [0.25, 0.3) is 5.91 Å². The molecule has 0 unspecified atom stereocenters. The summed E-state index contributed by atoms with van der Waals surface area (Å²) in [5.41, 5.74) is 2.28. The van der Waals surface area contributed by atoms with Crippen molar-refractivity contribution in [3.8, 4) is 17.5 Å². The molecular weight excluding hydrogens is 417 g/mol. The Morgan fingerprint density at radius 3 is 2.48 bits per heavy atom. The van der Waals surface area contributed by atoms with Crippen LogP contribution in [0.4, 0.5) is 4.39 Å². The van der Waals surface area contributed by atoms with Crippen LogP contribution in [0, 0.1) is 18.3 Å². The van der Waals surface area contributed by atoms with Crippen molar-refractivity contribution < 1.29 is 9.18 Å². The fourth-order valence-corrected chi connectivity index (χ4v) is 4.80. The molecule has 0 atom stereocenters. The van der Waals surface area contributed by atoms with E-state index < -0.39 is 5.67 Å². The zero-order valence-corrected chi connectivity index (χ0v) is 18.6. The van der Waals surface area contributed by atoms with E-state index in [1.54, 1.807) is 29.2 Å². The van der Waals surface area contributed by atoms with Crippen molar-refractivity contribution in [3.63, 3.8) is 0 Å². The van der Waals surface area contributed by atoms with E-state index in [0.717, 1.165) is 24.2 Å². The molecule has 33 heavy (non-hydrogen) atoms. The quantitative estimate of drug-likeness (QED) is 0.613. The van der Waals surface area contributed by atoms with Crippen molar-refractivity contribution in [1.29, 1.82) is 5.26 Å². The van der Waals surface area contributed by atoms with E-state index in [9.17, 15) is 4.79 Å². The Labute approximate surface area is 192 Å². The van der Waals surface area contributed by atoms with E-state index in [4.69, 9.17) is 5.26 Å². The lowest BCUT2D eigenvalue weighted by atomic mass is 9.77. The maximum Gasteiger partial charge on any atom is 0.253 e. The van der Waals surface area contributed by atoms with Crippen molar-refractivity contribution in [3.05, 3.63) is 70.5 Å². The third-order valence-corrected chi connectivity index (χ3v) is 7.06. The number of hydrogen-bond acceptors (Lipinski definition) is 4. The van der Waals surface area contributed by atoms with Gasteiger partial charge in [-0.05, 0) is 61.1 Å². The molecule has 3 aromatic rings. The lowest BCUT2D eigenvalue weighted by molar-refractivity contribution is 0.0421. The first-order chi connectivity index (χ1) is 16.0.